The first kappa shape index (κ1) is 32.1. The van der Waals surface area contributed by atoms with Crippen LogP contribution in [0.1, 0.15) is 18.1 Å². The number of nitrogens with one attached hydrogen (secondary N) is 1. The molecule has 0 fully saturated rings. The van der Waals surface area contributed by atoms with Crippen molar-refractivity contribution in [3.63, 3.8) is 0 Å². The van der Waals surface area contributed by atoms with Crippen molar-refractivity contribution in [2.75, 3.05) is 31.6 Å². The maximum absolute atomic E-state index is 14.4. The Morgan fingerprint density at radius 2 is 1.34 bits per heavy atom. The number of hydrogen-bond acceptors (Lipinski definition) is 6. The second-order valence-electron chi connectivity index (χ2n) is 9.97. The molecule has 2 amide bonds. The highest BCUT2D eigenvalue weighted by atomic mass is 32.2. The van der Waals surface area contributed by atoms with E-state index in [4.69, 9.17) is 9.47 Å². The third kappa shape index (κ3) is 7.76. The Hall–Kier alpha value is -4.83. The number of carbonyl (C=O) groups is 2. The van der Waals surface area contributed by atoms with Crippen LogP contribution in [0.2, 0.25) is 0 Å². The first-order valence-electron chi connectivity index (χ1n) is 14.2. The van der Waals surface area contributed by atoms with E-state index >= 15 is 0 Å². The van der Waals surface area contributed by atoms with Gasteiger partial charge in [-0.1, -0.05) is 78.9 Å². The van der Waals surface area contributed by atoms with Crippen molar-refractivity contribution in [1.29, 1.82) is 0 Å². The molecule has 9 nitrogen and oxygen atoms in total. The normalized spacial score (nSPS) is 11.7. The molecule has 4 rings (SSSR count). The summed E-state index contributed by atoms with van der Waals surface area (Å²) in [7, 11) is -1.40. The van der Waals surface area contributed by atoms with Gasteiger partial charge in [0.05, 0.1) is 24.8 Å². The van der Waals surface area contributed by atoms with Crippen LogP contribution in [-0.4, -0.2) is 58.5 Å². The van der Waals surface area contributed by atoms with Crippen molar-refractivity contribution in [2.24, 2.45) is 0 Å². The predicted octanol–water partition coefficient (Wildman–Crippen LogP) is 4.68. The van der Waals surface area contributed by atoms with E-state index in [1.54, 1.807) is 30.3 Å². The number of methoxy groups -OCH3 is 2. The minimum absolute atomic E-state index is 0.0778. The van der Waals surface area contributed by atoms with Gasteiger partial charge in [0.2, 0.25) is 11.8 Å². The Bertz CT molecular complexity index is 1630. The summed E-state index contributed by atoms with van der Waals surface area (Å²) in [6, 6.07) is 30.5. The first-order valence-corrected chi connectivity index (χ1v) is 15.7. The number of rotatable bonds is 14. The van der Waals surface area contributed by atoms with Crippen LogP contribution >= 0.6 is 0 Å². The fourth-order valence-electron chi connectivity index (χ4n) is 4.85. The van der Waals surface area contributed by atoms with Crippen molar-refractivity contribution < 1.29 is 27.5 Å². The standard InChI is InChI=1S/C34H37N3O6S/c1-4-35-34(39)30(22-26-14-8-5-9-15-26)36(24-27-16-10-6-11-17-27)33(38)25-37(28-18-12-7-13-19-28)44(40,41)29-20-21-31(42-2)32(23-29)43-3/h5-21,23,30H,4,22,24-25H2,1-3H3,(H,35,39)/t30-/m0/s1. The lowest BCUT2D eigenvalue weighted by Crippen LogP contribution is -2.53. The largest absolute Gasteiger partial charge is 0.493 e. The van der Waals surface area contributed by atoms with E-state index in [-0.39, 0.29) is 29.5 Å². The Labute approximate surface area is 259 Å². The number of likely N-dealkylation sites (N-methyl/N-ethyl adjacent to an activating group) is 1. The van der Waals surface area contributed by atoms with Gasteiger partial charge in [-0.05, 0) is 42.3 Å². The molecule has 0 aromatic heterocycles. The zero-order chi connectivity index (χ0) is 31.5. The molecule has 0 saturated heterocycles. The summed E-state index contributed by atoms with van der Waals surface area (Å²) < 4.78 is 40.1. The molecule has 4 aromatic carbocycles. The van der Waals surface area contributed by atoms with Crippen LogP contribution in [0.4, 0.5) is 5.69 Å². The molecule has 4 aromatic rings. The van der Waals surface area contributed by atoms with Crippen molar-refractivity contribution in [3.8, 4) is 11.5 Å². The zero-order valence-electron chi connectivity index (χ0n) is 25.1. The number of hydrogen-bond donors (Lipinski definition) is 1. The van der Waals surface area contributed by atoms with Crippen molar-refractivity contribution in [1.82, 2.24) is 10.2 Å². The van der Waals surface area contributed by atoms with Crippen LogP contribution < -0.4 is 19.1 Å². The summed E-state index contributed by atoms with van der Waals surface area (Å²) in [5.41, 5.74) is 1.97. The highest BCUT2D eigenvalue weighted by molar-refractivity contribution is 7.92. The number of carbonyl (C=O) groups excluding carboxylic acids is 2. The summed E-state index contributed by atoms with van der Waals surface area (Å²) in [4.78, 5) is 29.3. The Balaban J connectivity index is 1.78. The molecule has 10 heteroatoms. The van der Waals surface area contributed by atoms with Gasteiger partial charge in [-0.3, -0.25) is 13.9 Å². The van der Waals surface area contributed by atoms with E-state index in [1.807, 2.05) is 67.6 Å². The third-order valence-electron chi connectivity index (χ3n) is 7.08. The van der Waals surface area contributed by atoms with Gasteiger partial charge in [-0.2, -0.15) is 0 Å². The minimum atomic E-state index is -4.28. The molecule has 44 heavy (non-hydrogen) atoms. The molecule has 0 saturated carbocycles. The number of para-hydroxylation sites is 1. The SMILES string of the molecule is CCNC(=O)[C@H](Cc1ccccc1)N(Cc1ccccc1)C(=O)CN(c1ccccc1)S(=O)(=O)c1ccc(OC)c(OC)c1. The first-order chi connectivity index (χ1) is 21.3. The topological polar surface area (TPSA) is 105 Å². The molecule has 0 bridgehead atoms. The number of ether oxygens (including phenoxy) is 2. The number of amides is 2. The third-order valence-corrected chi connectivity index (χ3v) is 8.85. The van der Waals surface area contributed by atoms with E-state index < -0.39 is 28.5 Å². The molecule has 230 valence electrons. The number of nitrogens with zero attached hydrogens (tertiary/aromatic N) is 2. The molecule has 0 aliphatic carbocycles. The van der Waals surface area contributed by atoms with Crippen molar-refractivity contribution in [3.05, 3.63) is 120 Å². The smallest absolute Gasteiger partial charge is 0.264 e. The lowest BCUT2D eigenvalue weighted by atomic mass is 10.0. The second kappa shape index (κ2) is 15.1. The highest BCUT2D eigenvalue weighted by Crippen LogP contribution is 2.32. The maximum Gasteiger partial charge on any atom is 0.264 e. The quantitative estimate of drug-likeness (QED) is 0.221. The predicted molar refractivity (Wildman–Crippen MR) is 170 cm³/mol. The Morgan fingerprint density at radius 3 is 1.91 bits per heavy atom. The van der Waals surface area contributed by atoms with Crippen molar-refractivity contribution >= 4 is 27.5 Å². The lowest BCUT2D eigenvalue weighted by molar-refractivity contribution is -0.140. The van der Waals surface area contributed by atoms with Gasteiger partial charge in [0, 0.05) is 25.6 Å². The number of benzene rings is 4. The van der Waals surface area contributed by atoms with Crippen LogP contribution in [0.5, 0.6) is 11.5 Å². The molecule has 0 aliphatic heterocycles. The van der Waals surface area contributed by atoms with E-state index in [9.17, 15) is 18.0 Å². The average molecular weight is 616 g/mol. The fraction of sp³-hybridized carbons (Fsp3) is 0.235. The van der Waals surface area contributed by atoms with Crippen molar-refractivity contribution in [2.45, 2.75) is 30.8 Å². The van der Waals surface area contributed by atoms with Crippen LogP contribution in [0, 0.1) is 0 Å². The van der Waals surface area contributed by atoms with Gasteiger partial charge in [-0.25, -0.2) is 8.42 Å². The average Bonchev–Trinajstić information content (AvgIpc) is 3.06. The molecule has 0 unspecified atom stereocenters. The Kier molecular flexibility index (Phi) is 11.0. The van der Waals surface area contributed by atoms with Gasteiger partial charge in [0.25, 0.3) is 10.0 Å². The molecule has 1 atom stereocenters. The lowest BCUT2D eigenvalue weighted by Gasteiger charge is -2.33. The van der Waals surface area contributed by atoms with Gasteiger partial charge in [0.15, 0.2) is 11.5 Å². The monoisotopic (exact) mass is 615 g/mol. The molecule has 0 spiro atoms. The van der Waals surface area contributed by atoms with Crippen LogP contribution in [-0.2, 0) is 32.6 Å². The summed E-state index contributed by atoms with van der Waals surface area (Å²) in [6.07, 6.45) is 0.249. The van der Waals surface area contributed by atoms with Gasteiger partial charge in [-0.15, -0.1) is 0 Å². The van der Waals surface area contributed by atoms with Gasteiger partial charge in [0.1, 0.15) is 12.6 Å². The van der Waals surface area contributed by atoms with E-state index in [0.717, 1.165) is 15.4 Å². The second-order valence-corrected chi connectivity index (χ2v) is 11.8. The number of anilines is 1. The van der Waals surface area contributed by atoms with Gasteiger partial charge < -0.3 is 19.7 Å². The molecular weight excluding hydrogens is 578 g/mol. The summed E-state index contributed by atoms with van der Waals surface area (Å²) in [5, 5.41) is 2.86. The summed E-state index contributed by atoms with van der Waals surface area (Å²) >= 11 is 0. The number of sulfonamides is 1. The summed E-state index contributed by atoms with van der Waals surface area (Å²) in [6.45, 7) is 1.75. The van der Waals surface area contributed by atoms with Crippen LogP contribution in [0.15, 0.2) is 114 Å². The zero-order valence-corrected chi connectivity index (χ0v) is 25.9. The van der Waals surface area contributed by atoms with E-state index in [2.05, 4.69) is 5.32 Å². The molecule has 1 N–H and O–H groups in total. The van der Waals surface area contributed by atoms with Crippen LogP contribution in [0.3, 0.4) is 0 Å². The molecular formula is C34H37N3O6S. The van der Waals surface area contributed by atoms with Gasteiger partial charge >= 0.3 is 0 Å². The molecule has 0 radical (unpaired) electrons. The van der Waals surface area contributed by atoms with Crippen LogP contribution in [0.25, 0.3) is 0 Å². The maximum atomic E-state index is 14.4. The fourth-order valence-corrected chi connectivity index (χ4v) is 6.28. The van der Waals surface area contributed by atoms with E-state index in [0.29, 0.717) is 18.0 Å². The van der Waals surface area contributed by atoms with E-state index in [1.165, 1.54) is 37.3 Å². The Morgan fingerprint density at radius 1 is 0.773 bits per heavy atom. The molecule has 0 heterocycles. The molecule has 0 aliphatic rings. The summed E-state index contributed by atoms with van der Waals surface area (Å²) in [5.74, 6) is -0.255. The highest BCUT2D eigenvalue weighted by Gasteiger charge is 2.34. The minimum Gasteiger partial charge on any atom is -0.493 e.